The maximum Gasteiger partial charge on any atom is 0.305 e. The summed E-state index contributed by atoms with van der Waals surface area (Å²) >= 11 is 0. The molecule has 0 aliphatic carbocycles. The molecule has 0 fully saturated rings. The summed E-state index contributed by atoms with van der Waals surface area (Å²) in [5.74, 6) is -0.460. The van der Waals surface area contributed by atoms with Gasteiger partial charge in [-0.3, -0.25) is 9.59 Å². The Morgan fingerprint density at radius 2 is 1.95 bits per heavy atom. The summed E-state index contributed by atoms with van der Waals surface area (Å²) in [4.78, 5) is 24.5. The van der Waals surface area contributed by atoms with Crippen LogP contribution >= 0.6 is 0 Å². The Hall–Kier alpha value is -1.85. The van der Waals surface area contributed by atoms with Crippen LogP contribution in [0.15, 0.2) is 4.52 Å². The molecule has 1 heterocycles. The molecule has 1 N–H and O–H groups in total. The first-order valence-corrected chi connectivity index (χ1v) is 6.05. The Morgan fingerprint density at radius 3 is 2.37 bits per heavy atom. The Bertz CT molecular complexity index is 471. The van der Waals surface area contributed by atoms with Gasteiger partial charge in [-0.1, -0.05) is 5.16 Å². The molecule has 0 unspecified atom stereocenters. The molecule has 6 nitrogen and oxygen atoms in total. The van der Waals surface area contributed by atoms with Crippen molar-refractivity contribution in [2.45, 2.75) is 46.1 Å². The molecular formula is C13H20N2O4. The van der Waals surface area contributed by atoms with Crippen molar-refractivity contribution in [3.63, 3.8) is 0 Å². The maximum atomic E-state index is 12.2. The summed E-state index contributed by atoms with van der Waals surface area (Å²) in [5, 5.41) is 12.7. The molecular weight excluding hydrogens is 248 g/mol. The van der Waals surface area contributed by atoms with Gasteiger partial charge in [-0.05, 0) is 27.7 Å². The molecule has 0 aliphatic rings. The predicted octanol–water partition coefficient (Wildman–Crippen LogP) is 1.55. The quantitative estimate of drug-likeness (QED) is 0.875. The van der Waals surface area contributed by atoms with E-state index in [1.54, 1.807) is 34.7 Å². The Labute approximate surface area is 112 Å². The molecule has 19 heavy (non-hydrogen) atoms. The minimum atomic E-state index is -0.929. The van der Waals surface area contributed by atoms with E-state index in [4.69, 9.17) is 9.63 Å². The molecule has 1 rings (SSSR count). The fourth-order valence-electron chi connectivity index (χ4n) is 1.85. The molecule has 1 aromatic rings. The third kappa shape index (κ3) is 3.56. The average molecular weight is 268 g/mol. The molecule has 0 saturated heterocycles. The molecule has 106 valence electrons. The van der Waals surface area contributed by atoms with Gasteiger partial charge in [-0.15, -0.1) is 0 Å². The lowest BCUT2D eigenvalue weighted by atomic mass is 9.97. The summed E-state index contributed by atoms with van der Waals surface area (Å²) in [6.07, 6.45) is 0.0670. The molecule has 6 heteroatoms. The summed E-state index contributed by atoms with van der Waals surface area (Å²) in [5.41, 5.74) is 0.722. The standard InChI is InChI=1S/C13H20N2O4/c1-8-10(9(2)19-14-8)6-11(16)15(5)13(3,4)7-12(17)18/h6-7H2,1-5H3,(H,17,18). The lowest BCUT2D eigenvalue weighted by Crippen LogP contribution is -2.47. The summed E-state index contributed by atoms with van der Waals surface area (Å²) < 4.78 is 5.01. The summed E-state index contributed by atoms with van der Waals surface area (Å²) in [6, 6.07) is 0. The predicted molar refractivity (Wildman–Crippen MR) is 68.8 cm³/mol. The van der Waals surface area contributed by atoms with Crippen LogP contribution in [-0.2, 0) is 16.0 Å². The first kappa shape index (κ1) is 15.2. The van der Waals surface area contributed by atoms with E-state index >= 15 is 0 Å². The number of carboxylic acids is 1. The maximum absolute atomic E-state index is 12.2. The van der Waals surface area contributed by atoms with Crippen molar-refractivity contribution in [3.8, 4) is 0 Å². The molecule has 0 aromatic carbocycles. The molecule has 1 aromatic heterocycles. The van der Waals surface area contributed by atoms with E-state index in [-0.39, 0.29) is 18.7 Å². The van der Waals surface area contributed by atoms with E-state index in [1.807, 2.05) is 0 Å². The Kier molecular flexibility index (Phi) is 4.34. The topological polar surface area (TPSA) is 83.6 Å². The number of aromatic nitrogens is 1. The van der Waals surface area contributed by atoms with E-state index in [1.165, 1.54) is 4.90 Å². The molecule has 0 atom stereocenters. The van der Waals surface area contributed by atoms with Gasteiger partial charge in [0.05, 0.1) is 18.5 Å². The van der Waals surface area contributed by atoms with Crippen LogP contribution in [0.25, 0.3) is 0 Å². The van der Waals surface area contributed by atoms with Gasteiger partial charge in [0.1, 0.15) is 5.76 Å². The third-order valence-electron chi connectivity index (χ3n) is 3.38. The van der Waals surface area contributed by atoms with Crippen molar-refractivity contribution in [2.24, 2.45) is 0 Å². The first-order chi connectivity index (χ1) is 8.65. The first-order valence-electron chi connectivity index (χ1n) is 6.05. The van der Waals surface area contributed by atoms with Gasteiger partial charge in [0.2, 0.25) is 5.91 Å². The Morgan fingerprint density at radius 1 is 1.37 bits per heavy atom. The van der Waals surface area contributed by atoms with E-state index in [0.29, 0.717) is 11.5 Å². The second-order valence-corrected chi connectivity index (χ2v) is 5.32. The van der Waals surface area contributed by atoms with E-state index in [9.17, 15) is 9.59 Å². The number of likely N-dealkylation sites (N-methyl/N-ethyl adjacent to an activating group) is 1. The van der Waals surface area contributed by atoms with Gasteiger partial charge < -0.3 is 14.5 Å². The summed E-state index contributed by atoms with van der Waals surface area (Å²) in [7, 11) is 1.61. The van der Waals surface area contributed by atoms with Crippen LogP contribution in [0, 0.1) is 13.8 Å². The van der Waals surface area contributed by atoms with Crippen LogP contribution < -0.4 is 0 Å². The SMILES string of the molecule is Cc1noc(C)c1CC(=O)N(C)C(C)(C)CC(=O)O. The van der Waals surface area contributed by atoms with Gasteiger partial charge in [0.25, 0.3) is 0 Å². The van der Waals surface area contributed by atoms with Gasteiger partial charge in [0.15, 0.2) is 0 Å². The van der Waals surface area contributed by atoms with Crippen LogP contribution in [-0.4, -0.2) is 39.6 Å². The normalized spacial score (nSPS) is 11.4. The van der Waals surface area contributed by atoms with Crippen LogP contribution in [0.2, 0.25) is 0 Å². The van der Waals surface area contributed by atoms with Crippen LogP contribution in [0.3, 0.4) is 0 Å². The molecule has 0 spiro atoms. The fourth-order valence-corrected chi connectivity index (χ4v) is 1.85. The number of nitrogens with zero attached hydrogens (tertiary/aromatic N) is 2. The average Bonchev–Trinajstić information content (AvgIpc) is 2.58. The van der Waals surface area contributed by atoms with Crippen molar-refractivity contribution < 1.29 is 19.2 Å². The highest BCUT2D eigenvalue weighted by Crippen LogP contribution is 2.20. The number of carbonyl (C=O) groups excluding carboxylic acids is 1. The van der Waals surface area contributed by atoms with Gasteiger partial charge in [-0.25, -0.2) is 0 Å². The second-order valence-electron chi connectivity index (χ2n) is 5.32. The van der Waals surface area contributed by atoms with Crippen molar-refractivity contribution in [1.29, 1.82) is 0 Å². The smallest absolute Gasteiger partial charge is 0.305 e. The highest BCUT2D eigenvalue weighted by molar-refractivity contribution is 5.80. The monoisotopic (exact) mass is 268 g/mol. The Balaban J connectivity index is 2.81. The fraction of sp³-hybridized carbons (Fsp3) is 0.615. The van der Waals surface area contributed by atoms with Gasteiger partial charge in [0, 0.05) is 18.2 Å². The molecule has 1 amide bonds. The second kappa shape index (κ2) is 5.42. The molecule has 0 aliphatic heterocycles. The number of carbonyl (C=O) groups is 2. The number of hydrogen-bond acceptors (Lipinski definition) is 4. The van der Waals surface area contributed by atoms with Gasteiger partial charge in [-0.2, -0.15) is 0 Å². The minimum Gasteiger partial charge on any atom is -0.481 e. The third-order valence-corrected chi connectivity index (χ3v) is 3.38. The van der Waals surface area contributed by atoms with E-state index in [0.717, 1.165) is 5.56 Å². The van der Waals surface area contributed by atoms with Gasteiger partial charge >= 0.3 is 5.97 Å². The van der Waals surface area contributed by atoms with Crippen molar-refractivity contribution >= 4 is 11.9 Å². The minimum absolute atomic E-state index is 0.100. The van der Waals surface area contributed by atoms with Crippen molar-refractivity contribution in [2.75, 3.05) is 7.05 Å². The number of rotatable bonds is 5. The highest BCUT2D eigenvalue weighted by Gasteiger charge is 2.30. The lowest BCUT2D eigenvalue weighted by Gasteiger charge is -2.34. The van der Waals surface area contributed by atoms with Crippen LogP contribution in [0.4, 0.5) is 0 Å². The van der Waals surface area contributed by atoms with Crippen LogP contribution in [0.5, 0.6) is 0 Å². The zero-order valence-corrected chi connectivity index (χ0v) is 12.0. The van der Waals surface area contributed by atoms with E-state index < -0.39 is 11.5 Å². The zero-order chi connectivity index (χ0) is 14.8. The number of hydrogen-bond donors (Lipinski definition) is 1. The van der Waals surface area contributed by atoms with Crippen LogP contribution in [0.1, 0.15) is 37.3 Å². The molecule has 0 bridgehead atoms. The number of aryl methyl sites for hydroxylation is 2. The van der Waals surface area contributed by atoms with E-state index in [2.05, 4.69) is 5.16 Å². The largest absolute Gasteiger partial charge is 0.481 e. The molecule has 0 saturated carbocycles. The van der Waals surface area contributed by atoms with Crippen molar-refractivity contribution in [1.82, 2.24) is 10.1 Å². The molecule has 0 radical (unpaired) electrons. The summed E-state index contributed by atoms with van der Waals surface area (Å²) in [6.45, 7) is 6.99. The lowest BCUT2D eigenvalue weighted by molar-refractivity contribution is -0.142. The number of aliphatic carboxylic acids is 1. The van der Waals surface area contributed by atoms with Crippen molar-refractivity contribution in [3.05, 3.63) is 17.0 Å². The number of amides is 1. The number of carboxylic acid groups (broad SMARTS) is 1. The highest BCUT2D eigenvalue weighted by atomic mass is 16.5. The zero-order valence-electron chi connectivity index (χ0n) is 12.0.